The summed E-state index contributed by atoms with van der Waals surface area (Å²) in [6.07, 6.45) is 2.43. The molecule has 0 N–H and O–H groups in total. The Labute approximate surface area is 231 Å². The van der Waals surface area contributed by atoms with Crippen LogP contribution in [0.15, 0.2) is 99.3 Å². The summed E-state index contributed by atoms with van der Waals surface area (Å²) in [4.78, 5) is 13.9. The second kappa shape index (κ2) is 10.3. The first kappa shape index (κ1) is 26.7. The zero-order chi connectivity index (χ0) is 28.5. The van der Waals surface area contributed by atoms with Crippen molar-refractivity contribution in [3.63, 3.8) is 0 Å². The van der Waals surface area contributed by atoms with Gasteiger partial charge >= 0.3 is 0 Å². The van der Waals surface area contributed by atoms with Crippen LogP contribution in [0.2, 0.25) is 0 Å². The molecule has 0 atom stereocenters. The minimum absolute atomic E-state index is 0.144. The van der Waals surface area contributed by atoms with Crippen molar-refractivity contribution in [2.75, 3.05) is 15.2 Å². The van der Waals surface area contributed by atoms with E-state index < -0.39 is 20.0 Å². The van der Waals surface area contributed by atoms with E-state index in [1.807, 2.05) is 12.1 Å². The number of fused-ring (bicyclic) bond motifs is 1. The Bertz CT molecular complexity index is 1800. The van der Waals surface area contributed by atoms with E-state index in [4.69, 9.17) is 14.9 Å². The minimum Gasteiger partial charge on any atom is -0.459 e. The highest BCUT2D eigenvalue weighted by molar-refractivity contribution is 8.10. The maximum atomic E-state index is 13.9. The normalized spacial score (nSPS) is 13.1. The number of amides is 1. The van der Waals surface area contributed by atoms with Crippen LogP contribution in [0.5, 0.6) is 0 Å². The molecule has 0 unspecified atom stereocenters. The monoisotopic (exact) mass is 572 g/mol. The first-order valence-corrected chi connectivity index (χ1v) is 14.8. The lowest BCUT2D eigenvalue weighted by Crippen LogP contribution is -2.38. The lowest BCUT2D eigenvalue weighted by molar-refractivity contribution is 0.0958. The molecule has 200 valence electrons. The third-order valence-corrected chi connectivity index (χ3v) is 10.6. The Morgan fingerprint density at radius 2 is 1.40 bits per heavy atom. The number of rotatable bonds is 6. The molecule has 10 nitrogen and oxygen atoms in total. The van der Waals surface area contributed by atoms with Crippen LogP contribution in [0.4, 0.5) is 11.4 Å². The fourth-order valence-corrected chi connectivity index (χ4v) is 8.12. The van der Waals surface area contributed by atoms with Crippen LogP contribution in [0.25, 0.3) is 0 Å². The van der Waals surface area contributed by atoms with E-state index in [1.165, 1.54) is 53.6 Å². The van der Waals surface area contributed by atoms with Crippen molar-refractivity contribution in [3.05, 3.63) is 108 Å². The molecule has 5 rings (SSSR count). The number of furan rings is 1. The first-order chi connectivity index (χ1) is 19.2. The van der Waals surface area contributed by atoms with Gasteiger partial charge in [0.25, 0.3) is 26.0 Å². The van der Waals surface area contributed by atoms with Gasteiger partial charge in [0.1, 0.15) is 0 Å². The second-order valence-corrected chi connectivity index (χ2v) is 12.6. The predicted octanol–water partition coefficient (Wildman–Crippen LogP) is 4.20. The first-order valence-electron chi connectivity index (χ1n) is 12.0. The molecule has 0 bridgehead atoms. The number of nitrogens with zero attached hydrogens (tertiary/aromatic N) is 4. The largest absolute Gasteiger partial charge is 0.459 e. The predicted molar refractivity (Wildman–Crippen MR) is 144 cm³/mol. The molecule has 2 heterocycles. The zero-order valence-corrected chi connectivity index (χ0v) is 22.4. The molecule has 4 aromatic rings. The van der Waals surface area contributed by atoms with Crippen LogP contribution in [0.3, 0.4) is 0 Å². The maximum Gasteiger partial charge on any atom is 0.293 e. The SMILES string of the molecule is N#Cc1ccc(S(=O)(=O)N(c2ccc3c(c2)CCCN3C(=O)c2ccco2)S(=O)(=O)c2ccc(C#N)cc2)cc1. The number of anilines is 2. The summed E-state index contributed by atoms with van der Waals surface area (Å²) in [6, 6.07) is 21.0. The summed E-state index contributed by atoms with van der Waals surface area (Å²) in [6.45, 7) is 0.405. The van der Waals surface area contributed by atoms with Gasteiger partial charge in [-0.3, -0.25) is 4.79 Å². The van der Waals surface area contributed by atoms with Crippen LogP contribution in [0, 0.1) is 22.7 Å². The highest BCUT2D eigenvalue weighted by Gasteiger charge is 2.38. The Morgan fingerprint density at radius 3 is 1.90 bits per heavy atom. The van der Waals surface area contributed by atoms with E-state index in [-0.39, 0.29) is 38.3 Å². The molecular formula is C28H20N4O6S2. The molecule has 0 saturated carbocycles. The van der Waals surface area contributed by atoms with Gasteiger partial charge in [-0.15, -0.1) is 0 Å². The summed E-state index contributed by atoms with van der Waals surface area (Å²) in [5.41, 5.74) is 1.35. The Balaban J connectivity index is 1.65. The summed E-state index contributed by atoms with van der Waals surface area (Å²) in [7, 11) is -9.43. The van der Waals surface area contributed by atoms with Crippen molar-refractivity contribution in [1.82, 2.24) is 0 Å². The quantitative estimate of drug-likeness (QED) is 0.333. The molecule has 12 heteroatoms. The van der Waals surface area contributed by atoms with Crippen molar-refractivity contribution in [2.45, 2.75) is 22.6 Å². The van der Waals surface area contributed by atoms with Gasteiger partial charge in [0.05, 0.1) is 45.0 Å². The molecule has 3 aromatic carbocycles. The third-order valence-electron chi connectivity index (χ3n) is 6.37. The molecule has 0 spiro atoms. The van der Waals surface area contributed by atoms with Crippen LogP contribution < -0.4 is 8.61 Å². The van der Waals surface area contributed by atoms with Gasteiger partial charge < -0.3 is 9.32 Å². The van der Waals surface area contributed by atoms with Gasteiger partial charge in [-0.2, -0.15) is 14.2 Å². The lowest BCUT2D eigenvalue weighted by atomic mass is 10.0. The van der Waals surface area contributed by atoms with Crippen molar-refractivity contribution < 1.29 is 26.0 Å². The number of carbonyl (C=O) groups excluding carboxylic acids is 1. The van der Waals surface area contributed by atoms with Gasteiger partial charge in [0.2, 0.25) is 0 Å². The van der Waals surface area contributed by atoms with Crippen molar-refractivity contribution >= 4 is 37.3 Å². The number of hydrogen-bond donors (Lipinski definition) is 0. The van der Waals surface area contributed by atoms with E-state index in [0.29, 0.717) is 34.3 Å². The van der Waals surface area contributed by atoms with Crippen molar-refractivity contribution in [3.8, 4) is 12.1 Å². The highest BCUT2D eigenvalue weighted by atomic mass is 32.3. The minimum atomic E-state index is -4.72. The number of carbonyl (C=O) groups is 1. The number of sulfonamides is 2. The molecule has 0 saturated heterocycles. The zero-order valence-electron chi connectivity index (χ0n) is 20.8. The molecule has 1 amide bonds. The summed E-state index contributed by atoms with van der Waals surface area (Å²) >= 11 is 0. The van der Waals surface area contributed by atoms with Crippen LogP contribution in [-0.2, 0) is 26.5 Å². The Morgan fingerprint density at radius 1 is 0.825 bits per heavy atom. The number of benzene rings is 3. The highest BCUT2D eigenvalue weighted by Crippen LogP contribution is 2.36. The van der Waals surface area contributed by atoms with Gasteiger partial charge in [0.15, 0.2) is 5.76 Å². The molecule has 1 aliphatic rings. The lowest BCUT2D eigenvalue weighted by Gasteiger charge is -2.31. The summed E-state index contributed by atoms with van der Waals surface area (Å²) in [5.74, 6) is -0.226. The Kier molecular flexibility index (Phi) is 6.90. The van der Waals surface area contributed by atoms with E-state index in [9.17, 15) is 21.6 Å². The van der Waals surface area contributed by atoms with E-state index in [1.54, 1.807) is 12.1 Å². The van der Waals surface area contributed by atoms with E-state index in [2.05, 4.69) is 0 Å². The Hall–Kier alpha value is -4.91. The molecule has 1 aliphatic heterocycles. The average Bonchev–Trinajstić information content (AvgIpc) is 3.51. The smallest absolute Gasteiger partial charge is 0.293 e. The molecule has 0 fully saturated rings. The molecule has 40 heavy (non-hydrogen) atoms. The summed E-state index contributed by atoms with van der Waals surface area (Å²) in [5, 5.41) is 18.2. The van der Waals surface area contributed by atoms with Crippen LogP contribution in [-0.4, -0.2) is 29.3 Å². The van der Waals surface area contributed by atoms with Crippen molar-refractivity contribution in [2.24, 2.45) is 0 Å². The molecule has 0 aliphatic carbocycles. The number of aryl methyl sites for hydroxylation is 1. The van der Waals surface area contributed by atoms with Gasteiger partial charge in [-0.05, 0) is 97.3 Å². The van der Waals surface area contributed by atoms with E-state index in [0.717, 1.165) is 24.3 Å². The van der Waals surface area contributed by atoms with Crippen LogP contribution in [0.1, 0.15) is 33.7 Å². The fourth-order valence-electron chi connectivity index (χ4n) is 4.44. The van der Waals surface area contributed by atoms with Gasteiger partial charge in [-0.25, -0.2) is 16.8 Å². The van der Waals surface area contributed by atoms with Crippen LogP contribution >= 0.6 is 0 Å². The molecule has 0 radical (unpaired) electrons. The summed E-state index contributed by atoms with van der Waals surface area (Å²) < 4.78 is 61.2. The maximum absolute atomic E-state index is 13.9. The van der Waals surface area contributed by atoms with Gasteiger partial charge in [-0.1, -0.05) is 0 Å². The topological polar surface area (TPSA) is 153 Å². The standard InChI is InChI=1S/C28H20N4O6S2/c29-18-20-5-10-24(11-6-20)39(34,35)32(40(36,37)25-12-7-21(19-30)8-13-25)23-9-14-26-22(17-23)3-1-15-31(26)28(33)27-4-2-16-38-27/h2,4-14,16-17H,1,3,15H2. The third kappa shape index (κ3) is 4.71. The molecular weight excluding hydrogens is 552 g/mol. The van der Waals surface area contributed by atoms with E-state index >= 15 is 0 Å². The second-order valence-electron chi connectivity index (χ2n) is 8.83. The van der Waals surface area contributed by atoms with Crippen molar-refractivity contribution in [1.29, 1.82) is 10.5 Å². The molecule has 1 aromatic heterocycles. The fraction of sp³-hybridized carbons (Fsp3) is 0.107. The number of hydrogen-bond acceptors (Lipinski definition) is 8. The number of nitriles is 2. The average molecular weight is 573 g/mol. The van der Waals surface area contributed by atoms with Gasteiger partial charge in [0, 0.05) is 12.2 Å².